The van der Waals surface area contributed by atoms with Gasteiger partial charge in [0.05, 0.1) is 11.5 Å². The fraction of sp³-hybridized carbons (Fsp3) is 0.278. The summed E-state index contributed by atoms with van der Waals surface area (Å²) in [4.78, 5) is 14.0. The van der Waals surface area contributed by atoms with Gasteiger partial charge in [-0.3, -0.25) is 4.79 Å². The van der Waals surface area contributed by atoms with Crippen LogP contribution in [0.5, 0.6) is 5.75 Å². The molecule has 132 valence electrons. The molecule has 0 aromatic heterocycles. The molecule has 0 radical (unpaired) electrons. The average Bonchev–Trinajstić information content (AvgIpc) is 3.07. The minimum absolute atomic E-state index is 0.129. The van der Waals surface area contributed by atoms with Crippen molar-refractivity contribution in [2.45, 2.75) is 17.4 Å². The van der Waals surface area contributed by atoms with E-state index in [0.29, 0.717) is 24.3 Å². The molecule has 1 aliphatic rings. The Kier molecular flexibility index (Phi) is 4.78. The molecule has 6 nitrogen and oxygen atoms in total. The van der Waals surface area contributed by atoms with Gasteiger partial charge < -0.3 is 9.64 Å². The van der Waals surface area contributed by atoms with Gasteiger partial charge in [0, 0.05) is 20.5 Å². The summed E-state index contributed by atoms with van der Waals surface area (Å²) >= 11 is 0. The summed E-state index contributed by atoms with van der Waals surface area (Å²) in [6, 6.07) is 12.6. The number of likely N-dealkylation sites (N-methyl/N-ethyl adjacent to an activating group) is 1. The van der Waals surface area contributed by atoms with Crippen LogP contribution < -0.4 is 9.46 Å². The summed E-state index contributed by atoms with van der Waals surface area (Å²) in [5.74, 6) is 0.377. The van der Waals surface area contributed by atoms with Crippen molar-refractivity contribution in [1.29, 1.82) is 0 Å². The van der Waals surface area contributed by atoms with Gasteiger partial charge in [0.15, 0.2) is 0 Å². The minimum atomic E-state index is -3.86. The third-order valence-corrected chi connectivity index (χ3v) is 5.49. The van der Waals surface area contributed by atoms with E-state index in [9.17, 15) is 13.2 Å². The Morgan fingerprint density at radius 2 is 1.88 bits per heavy atom. The van der Waals surface area contributed by atoms with Crippen LogP contribution in [0.3, 0.4) is 0 Å². The third kappa shape index (κ3) is 3.67. The lowest BCUT2D eigenvalue weighted by Crippen LogP contribution is -2.39. The van der Waals surface area contributed by atoms with Crippen LogP contribution in [-0.4, -0.2) is 39.9 Å². The van der Waals surface area contributed by atoms with Crippen molar-refractivity contribution in [2.24, 2.45) is 0 Å². The first-order valence-corrected chi connectivity index (χ1v) is 9.41. The molecule has 1 aliphatic heterocycles. The topological polar surface area (TPSA) is 75.7 Å². The van der Waals surface area contributed by atoms with Crippen molar-refractivity contribution in [3.63, 3.8) is 0 Å². The number of ether oxygens (including phenoxy) is 1. The Hall–Kier alpha value is -2.38. The molecule has 3 rings (SSSR count). The average molecular weight is 360 g/mol. The molecule has 0 saturated heterocycles. The number of nitrogens with zero attached hydrogens (tertiary/aromatic N) is 1. The van der Waals surface area contributed by atoms with Crippen molar-refractivity contribution < 1.29 is 17.9 Å². The fourth-order valence-corrected chi connectivity index (χ4v) is 3.95. The maximum absolute atomic E-state index is 12.8. The fourth-order valence-electron chi connectivity index (χ4n) is 2.72. The molecule has 2 aromatic rings. The summed E-state index contributed by atoms with van der Waals surface area (Å²) in [7, 11) is -0.668. The lowest BCUT2D eigenvalue weighted by molar-refractivity contribution is -0.130. The van der Waals surface area contributed by atoms with E-state index in [1.807, 2.05) is 6.07 Å². The third-order valence-electron chi connectivity index (χ3n) is 4.06. The molecule has 2 aromatic carbocycles. The first-order chi connectivity index (χ1) is 11.9. The number of nitrogens with one attached hydrogen (secondary N) is 1. The summed E-state index contributed by atoms with van der Waals surface area (Å²) in [6.07, 6.45) is 0.678. The number of carbonyl (C=O) groups excluding carboxylic acids is 1. The van der Waals surface area contributed by atoms with Gasteiger partial charge in [0.25, 0.3) is 0 Å². The minimum Gasteiger partial charge on any atom is -0.493 e. The maximum atomic E-state index is 12.8. The summed E-state index contributed by atoms with van der Waals surface area (Å²) in [6.45, 7) is 0.554. The van der Waals surface area contributed by atoms with Crippen LogP contribution in [0, 0.1) is 0 Å². The van der Waals surface area contributed by atoms with Crippen LogP contribution >= 0.6 is 0 Å². The number of rotatable bonds is 5. The zero-order valence-corrected chi connectivity index (χ0v) is 14.9. The predicted molar refractivity (Wildman–Crippen MR) is 93.8 cm³/mol. The van der Waals surface area contributed by atoms with E-state index in [4.69, 9.17) is 4.74 Å². The summed E-state index contributed by atoms with van der Waals surface area (Å²) < 4.78 is 33.6. The molecule has 7 heteroatoms. The zero-order chi connectivity index (χ0) is 18.0. The highest BCUT2D eigenvalue weighted by molar-refractivity contribution is 7.89. The SMILES string of the molecule is CN(C)C(=O)[C@@H](NS(=O)(=O)c1ccc2c(c1)CCO2)c1ccccc1. The van der Waals surface area contributed by atoms with Gasteiger partial charge in [0.1, 0.15) is 11.8 Å². The number of hydrogen-bond donors (Lipinski definition) is 1. The van der Waals surface area contributed by atoms with Gasteiger partial charge in [-0.15, -0.1) is 0 Å². The number of sulfonamides is 1. The quantitative estimate of drug-likeness (QED) is 0.881. The summed E-state index contributed by atoms with van der Waals surface area (Å²) in [5.41, 5.74) is 1.45. The Morgan fingerprint density at radius 3 is 2.56 bits per heavy atom. The smallest absolute Gasteiger partial charge is 0.244 e. The van der Waals surface area contributed by atoms with E-state index < -0.39 is 16.1 Å². The second-order valence-electron chi connectivity index (χ2n) is 6.07. The van der Waals surface area contributed by atoms with Crippen molar-refractivity contribution >= 4 is 15.9 Å². The van der Waals surface area contributed by atoms with E-state index in [0.717, 1.165) is 5.56 Å². The standard InChI is InChI=1S/C18H20N2O4S/c1-20(2)18(21)17(13-6-4-3-5-7-13)19-25(22,23)15-8-9-16-14(12-15)10-11-24-16/h3-9,12,17,19H,10-11H2,1-2H3/t17-/m0/s1. The van der Waals surface area contributed by atoms with Crippen LogP contribution in [0.2, 0.25) is 0 Å². The number of fused-ring (bicyclic) bond motifs is 1. The lowest BCUT2D eigenvalue weighted by atomic mass is 10.1. The van der Waals surface area contributed by atoms with Gasteiger partial charge in [-0.05, 0) is 29.3 Å². The molecule has 0 fully saturated rings. The van der Waals surface area contributed by atoms with Crippen LogP contribution in [-0.2, 0) is 21.2 Å². The molecule has 0 aliphatic carbocycles. The molecular formula is C18H20N2O4S. The number of carbonyl (C=O) groups is 1. The van der Waals surface area contributed by atoms with E-state index in [2.05, 4.69) is 4.72 Å². The second kappa shape index (κ2) is 6.85. The molecule has 0 bridgehead atoms. The Morgan fingerprint density at radius 1 is 1.16 bits per heavy atom. The summed E-state index contributed by atoms with van der Waals surface area (Å²) in [5, 5.41) is 0. The van der Waals surface area contributed by atoms with Crippen molar-refractivity contribution in [3.8, 4) is 5.75 Å². The van der Waals surface area contributed by atoms with Crippen LogP contribution in [0.4, 0.5) is 0 Å². The maximum Gasteiger partial charge on any atom is 0.244 e. The van der Waals surface area contributed by atoms with Gasteiger partial charge in [-0.1, -0.05) is 30.3 Å². The molecule has 0 saturated carbocycles. The Labute approximate surface area is 147 Å². The monoisotopic (exact) mass is 360 g/mol. The Bertz CT molecular complexity index is 879. The van der Waals surface area contributed by atoms with E-state index in [1.54, 1.807) is 50.5 Å². The normalized spacial score (nSPS) is 14.5. The highest BCUT2D eigenvalue weighted by Crippen LogP contribution is 2.28. The molecule has 1 heterocycles. The van der Waals surface area contributed by atoms with Gasteiger partial charge in [-0.25, -0.2) is 8.42 Å². The van der Waals surface area contributed by atoms with Gasteiger partial charge in [0.2, 0.25) is 15.9 Å². The highest BCUT2D eigenvalue weighted by atomic mass is 32.2. The predicted octanol–water partition coefficient (Wildman–Crippen LogP) is 1.73. The molecule has 0 spiro atoms. The first-order valence-electron chi connectivity index (χ1n) is 7.92. The second-order valence-corrected chi connectivity index (χ2v) is 7.78. The number of amides is 1. The highest BCUT2D eigenvalue weighted by Gasteiger charge is 2.29. The van der Waals surface area contributed by atoms with Crippen LogP contribution in [0.15, 0.2) is 53.4 Å². The van der Waals surface area contributed by atoms with Crippen molar-refractivity contribution in [1.82, 2.24) is 9.62 Å². The molecule has 1 N–H and O–H groups in total. The molecule has 1 amide bonds. The van der Waals surface area contributed by atoms with E-state index in [1.165, 1.54) is 11.0 Å². The first kappa shape index (κ1) is 17.4. The van der Waals surface area contributed by atoms with Crippen molar-refractivity contribution in [2.75, 3.05) is 20.7 Å². The molecule has 0 unspecified atom stereocenters. The molecule has 25 heavy (non-hydrogen) atoms. The molecular weight excluding hydrogens is 340 g/mol. The van der Waals surface area contributed by atoms with Crippen LogP contribution in [0.25, 0.3) is 0 Å². The lowest BCUT2D eigenvalue weighted by Gasteiger charge is -2.22. The van der Waals surface area contributed by atoms with Gasteiger partial charge in [-0.2, -0.15) is 4.72 Å². The van der Waals surface area contributed by atoms with Crippen LogP contribution in [0.1, 0.15) is 17.2 Å². The largest absolute Gasteiger partial charge is 0.493 e. The number of hydrogen-bond acceptors (Lipinski definition) is 4. The number of benzene rings is 2. The Balaban J connectivity index is 1.94. The van der Waals surface area contributed by atoms with Crippen molar-refractivity contribution in [3.05, 3.63) is 59.7 Å². The van der Waals surface area contributed by atoms with E-state index in [-0.39, 0.29) is 10.8 Å². The molecule has 1 atom stereocenters. The van der Waals surface area contributed by atoms with E-state index >= 15 is 0 Å². The van der Waals surface area contributed by atoms with Gasteiger partial charge >= 0.3 is 0 Å². The zero-order valence-electron chi connectivity index (χ0n) is 14.1.